The predicted octanol–water partition coefficient (Wildman–Crippen LogP) is 0.188. The third-order valence-corrected chi connectivity index (χ3v) is 2.83. The zero-order chi connectivity index (χ0) is 14.0. The van der Waals surface area contributed by atoms with E-state index in [0.29, 0.717) is 11.6 Å². The number of aromatic amines is 1. The molecule has 1 unspecified atom stereocenters. The Hall–Kier alpha value is -2.31. The van der Waals surface area contributed by atoms with Crippen LogP contribution in [0.25, 0.3) is 0 Å². The highest BCUT2D eigenvalue weighted by Crippen LogP contribution is 2.14. The number of H-pyrrole nitrogens is 1. The second-order valence-electron chi connectivity index (χ2n) is 4.40. The van der Waals surface area contributed by atoms with Crippen LogP contribution < -0.4 is 16.3 Å². The van der Waals surface area contributed by atoms with E-state index in [0.717, 1.165) is 11.0 Å². The molecule has 0 saturated heterocycles. The molecule has 1 aromatic rings. The van der Waals surface area contributed by atoms with Crippen LogP contribution in [0.5, 0.6) is 0 Å². The van der Waals surface area contributed by atoms with E-state index in [9.17, 15) is 9.59 Å². The summed E-state index contributed by atoms with van der Waals surface area (Å²) in [5.41, 5.74) is -0.861. The quantitative estimate of drug-likeness (QED) is 0.624. The smallest absolute Gasteiger partial charge is 0.329 e. The van der Waals surface area contributed by atoms with Crippen molar-refractivity contribution in [3.63, 3.8) is 0 Å². The lowest BCUT2D eigenvalue weighted by atomic mass is 10.3. The fourth-order valence-electron chi connectivity index (χ4n) is 1.62. The van der Waals surface area contributed by atoms with Gasteiger partial charge in [-0.1, -0.05) is 0 Å². The first-order valence-electron chi connectivity index (χ1n) is 5.92. The number of ether oxygens (including phenoxy) is 1. The van der Waals surface area contributed by atoms with Crippen molar-refractivity contribution in [3.05, 3.63) is 38.7 Å². The molecule has 0 aromatic carbocycles. The molecule has 7 nitrogen and oxygen atoms in total. The molecule has 1 aliphatic heterocycles. The SMILES string of the molecule is CC1CC=C(C=NN(C)c2cc(=O)n(C)c(=O)[nH]2)O1. The van der Waals surface area contributed by atoms with Gasteiger partial charge in [-0.05, 0) is 13.0 Å². The summed E-state index contributed by atoms with van der Waals surface area (Å²) in [7, 11) is 3.05. The lowest BCUT2D eigenvalue weighted by molar-refractivity contribution is 0.176. The van der Waals surface area contributed by atoms with E-state index in [-0.39, 0.29) is 11.7 Å². The van der Waals surface area contributed by atoms with Crippen molar-refractivity contribution in [2.75, 3.05) is 12.1 Å². The first-order chi connectivity index (χ1) is 8.97. The molecule has 1 N–H and O–H groups in total. The van der Waals surface area contributed by atoms with Crippen LogP contribution in [0.15, 0.2) is 32.6 Å². The van der Waals surface area contributed by atoms with E-state index in [4.69, 9.17) is 4.74 Å². The summed E-state index contributed by atoms with van der Waals surface area (Å²) in [5, 5.41) is 5.53. The van der Waals surface area contributed by atoms with Crippen LogP contribution in [0.2, 0.25) is 0 Å². The minimum Gasteiger partial charge on any atom is -0.489 e. The number of hydrazone groups is 1. The molecule has 19 heavy (non-hydrogen) atoms. The molecule has 1 aliphatic rings. The number of hydrogen-bond acceptors (Lipinski definition) is 5. The van der Waals surface area contributed by atoms with Gasteiger partial charge in [0.05, 0.1) is 12.3 Å². The summed E-state index contributed by atoms with van der Waals surface area (Å²) in [5.74, 6) is 1.02. The van der Waals surface area contributed by atoms with Crippen molar-refractivity contribution in [2.24, 2.45) is 12.1 Å². The van der Waals surface area contributed by atoms with E-state index in [1.54, 1.807) is 13.3 Å². The molecule has 0 aliphatic carbocycles. The fourth-order valence-corrected chi connectivity index (χ4v) is 1.62. The van der Waals surface area contributed by atoms with Crippen LogP contribution in [0, 0.1) is 0 Å². The van der Waals surface area contributed by atoms with E-state index >= 15 is 0 Å². The molecule has 0 radical (unpaired) electrons. The summed E-state index contributed by atoms with van der Waals surface area (Å²) < 4.78 is 6.45. The lowest BCUT2D eigenvalue weighted by Crippen LogP contribution is -2.33. The normalized spacial score (nSPS) is 18.5. The van der Waals surface area contributed by atoms with Gasteiger partial charge in [0.25, 0.3) is 5.56 Å². The van der Waals surface area contributed by atoms with Gasteiger partial charge in [-0.25, -0.2) is 4.79 Å². The number of anilines is 1. The van der Waals surface area contributed by atoms with E-state index in [1.807, 2.05) is 13.0 Å². The largest absolute Gasteiger partial charge is 0.489 e. The highest BCUT2D eigenvalue weighted by atomic mass is 16.5. The van der Waals surface area contributed by atoms with Crippen LogP contribution in [0.1, 0.15) is 13.3 Å². The Bertz CT molecular complexity index is 610. The number of aromatic nitrogens is 2. The number of nitrogens with zero attached hydrogens (tertiary/aromatic N) is 3. The Morgan fingerprint density at radius 1 is 1.58 bits per heavy atom. The Morgan fingerprint density at radius 2 is 2.32 bits per heavy atom. The molecule has 0 saturated carbocycles. The third kappa shape index (κ3) is 2.93. The monoisotopic (exact) mass is 264 g/mol. The van der Waals surface area contributed by atoms with Gasteiger partial charge in [-0.2, -0.15) is 5.10 Å². The average Bonchev–Trinajstić information content (AvgIpc) is 2.78. The fraction of sp³-hybridized carbons (Fsp3) is 0.417. The first kappa shape index (κ1) is 13.1. The number of hydrogen-bond donors (Lipinski definition) is 1. The second kappa shape index (κ2) is 5.13. The summed E-state index contributed by atoms with van der Waals surface area (Å²) in [6.07, 6.45) is 4.51. The number of rotatable bonds is 3. The van der Waals surface area contributed by atoms with Crippen molar-refractivity contribution in [1.82, 2.24) is 9.55 Å². The van der Waals surface area contributed by atoms with Gasteiger partial charge in [0.1, 0.15) is 11.6 Å². The Morgan fingerprint density at radius 3 is 2.89 bits per heavy atom. The maximum Gasteiger partial charge on any atom is 0.329 e. The molecule has 7 heteroatoms. The molecular weight excluding hydrogens is 248 g/mol. The van der Waals surface area contributed by atoms with Crippen LogP contribution in [-0.4, -0.2) is 28.9 Å². The van der Waals surface area contributed by atoms with Crippen molar-refractivity contribution in [1.29, 1.82) is 0 Å². The minimum absolute atomic E-state index is 0.163. The lowest BCUT2D eigenvalue weighted by Gasteiger charge is -2.12. The molecule has 0 bridgehead atoms. The van der Waals surface area contributed by atoms with Crippen molar-refractivity contribution in [2.45, 2.75) is 19.4 Å². The van der Waals surface area contributed by atoms with Gasteiger partial charge in [0, 0.05) is 26.6 Å². The molecule has 0 amide bonds. The highest BCUT2D eigenvalue weighted by Gasteiger charge is 2.11. The van der Waals surface area contributed by atoms with Gasteiger partial charge in [0.15, 0.2) is 0 Å². The Labute approximate surface area is 109 Å². The maximum atomic E-state index is 11.5. The van der Waals surface area contributed by atoms with E-state index in [2.05, 4.69) is 10.1 Å². The molecule has 1 atom stereocenters. The van der Waals surface area contributed by atoms with Crippen molar-refractivity contribution < 1.29 is 4.74 Å². The zero-order valence-electron chi connectivity index (χ0n) is 11.1. The summed E-state index contributed by atoms with van der Waals surface area (Å²) in [6.45, 7) is 1.97. The van der Waals surface area contributed by atoms with E-state index in [1.165, 1.54) is 18.1 Å². The van der Waals surface area contributed by atoms with Crippen molar-refractivity contribution >= 4 is 12.0 Å². The van der Waals surface area contributed by atoms with Crippen LogP contribution in [0.3, 0.4) is 0 Å². The highest BCUT2D eigenvalue weighted by molar-refractivity contribution is 5.77. The second-order valence-corrected chi connectivity index (χ2v) is 4.40. The van der Waals surface area contributed by atoms with Gasteiger partial charge in [-0.3, -0.25) is 19.4 Å². The van der Waals surface area contributed by atoms with Gasteiger partial charge in [-0.15, -0.1) is 0 Å². The topological polar surface area (TPSA) is 79.7 Å². The average molecular weight is 264 g/mol. The van der Waals surface area contributed by atoms with Gasteiger partial charge < -0.3 is 4.74 Å². The summed E-state index contributed by atoms with van der Waals surface area (Å²) in [6, 6.07) is 1.31. The number of allylic oxidation sites excluding steroid dienone is 1. The molecule has 102 valence electrons. The van der Waals surface area contributed by atoms with Crippen molar-refractivity contribution in [3.8, 4) is 0 Å². The minimum atomic E-state index is -0.477. The zero-order valence-corrected chi connectivity index (χ0v) is 11.1. The molecule has 2 rings (SSSR count). The standard InChI is InChI=1S/C12H16N4O3/c1-8-4-5-9(19-8)7-13-16(3)10-6-11(17)15(2)12(18)14-10/h5-8H,4H2,1-3H3,(H,14,18). The van der Waals surface area contributed by atoms with Crippen LogP contribution in [-0.2, 0) is 11.8 Å². The molecule has 1 aromatic heterocycles. The van der Waals surface area contributed by atoms with E-state index < -0.39 is 5.69 Å². The maximum absolute atomic E-state index is 11.5. The molecule has 2 heterocycles. The van der Waals surface area contributed by atoms with Gasteiger partial charge >= 0.3 is 5.69 Å². The predicted molar refractivity (Wildman–Crippen MR) is 72.4 cm³/mol. The first-order valence-corrected chi connectivity index (χ1v) is 5.92. The summed E-state index contributed by atoms with van der Waals surface area (Å²) in [4.78, 5) is 25.5. The molecular formula is C12H16N4O3. The molecule has 0 spiro atoms. The Kier molecular flexibility index (Phi) is 3.55. The van der Waals surface area contributed by atoms with Crippen LogP contribution in [0.4, 0.5) is 5.82 Å². The Balaban J connectivity index is 2.17. The summed E-state index contributed by atoms with van der Waals surface area (Å²) >= 11 is 0. The third-order valence-electron chi connectivity index (χ3n) is 2.83. The number of nitrogens with one attached hydrogen (secondary N) is 1. The molecule has 0 fully saturated rings. The van der Waals surface area contributed by atoms with Crippen LogP contribution >= 0.6 is 0 Å². The van der Waals surface area contributed by atoms with Gasteiger partial charge in [0.2, 0.25) is 0 Å².